The van der Waals surface area contributed by atoms with Gasteiger partial charge < -0.3 is 25.4 Å². The van der Waals surface area contributed by atoms with Gasteiger partial charge in [0.05, 0.1) is 11.3 Å². The molecule has 0 aliphatic carbocycles. The lowest BCUT2D eigenvalue weighted by Crippen LogP contribution is -2.32. The van der Waals surface area contributed by atoms with Crippen molar-refractivity contribution in [2.24, 2.45) is 5.73 Å². The number of carbonyl (C=O) groups is 1. The second-order valence-electron chi connectivity index (χ2n) is 8.26. The van der Waals surface area contributed by atoms with Crippen molar-refractivity contribution in [2.75, 3.05) is 37.7 Å². The van der Waals surface area contributed by atoms with E-state index < -0.39 is 18.7 Å². The number of hydrogen-bond acceptors (Lipinski definition) is 5. The topological polar surface area (TPSA) is 76.8 Å². The summed E-state index contributed by atoms with van der Waals surface area (Å²) in [5.41, 5.74) is 9.21. The zero-order chi connectivity index (χ0) is 24.7. The molecule has 0 unspecified atom stereocenters. The number of fused-ring (bicyclic) bond motifs is 1. The molecule has 0 saturated carbocycles. The fourth-order valence-corrected chi connectivity index (χ4v) is 4.08. The zero-order valence-electron chi connectivity index (χ0n) is 19.2. The van der Waals surface area contributed by atoms with Crippen LogP contribution in [0, 0.1) is 0 Å². The minimum Gasteiger partial charge on any atom is -0.488 e. The van der Waals surface area contributed by atoms with E-state index in [2.05, 4.69) is 22.9 Å². The molecule has 0 fully saturated rings. The number of nitrogens with one attached hydrogen (secondary N) is 1. The molecular formula is C25H30F3N3O3. The summed E-state index contributed by atoms with van der Waals surface area (Å²) in [6, 6.07) is 10.3. The molecule has 2 aromatic carbocycles. The molecule has 3 N–H and O–H groups in total. The van der Waals surface area contributed by atoms with E-state index in [0.29, 0.717) is 25.1 Å². The molecule has 0 radical (unpaired) electrons. The van der Waals surface area contributed by atoms with Crippen LogP contribution in [0.15, 0.2) is 49.1 Å². The number of hydrogen-bond donors (Lipinski definition) is 2. The van der Waals surface area contributed by atoms with Crippen LogP contribution in [0.25, 0.3) is 0 Å². The standard InChI is InChI=1S/C25H30F3N3O3/c1-3-10-31-11-8-19-14-18(15-20(23(19)31)24(29)32)13-17(2)30-9-12-33-21-6-4-5-7-22(21)34-16-25(26,27)28/h3-7,14-15,17,30H,1,8-13,16H2,2H3,(H2,29,32)/t17-/m1/s1. The Bertz CT molecular complexity index is 1010. The maximum absolute atomic E-state index is 12.4. The second kappa shape index (κ2) is 11.3. The zero-order valence-corrected chi connectivity index (χ0v) is 19.2. The molecule has 2 aromatic rings. The molecule has 0 bridgehead atoms. The van der Waals surface area contributed by atoms with Gasteiger partial charge in [0, 0.05) is 25.7 Å². The van der Waals surface area contributed by atoms with Crippen LogP contribution in [-0.2, 0) is 12.8 Å². The van der Waals surface area contributed by atoms with Crippen LogP contribution < -0.4 is 25.4 Å². The van der Waals surface area contributed by atoms with Crippen molar-refractivity contribution in [3.63, 3.8) is 0 Å². The maximum atomic E-state index is 12.4. The number of para-hydroxylation sites is 2. The summed E-state index contributed by atoms with van der Waals surface area (Å²) < 4.78 is 47.8. The SMILES string of the molecule is C=CCN1CCc2cc(C[C@@H](C)NCCOc3ccccc3OCC(F)(F)F)cc(C(N)=O)c21. The quantitative estimate of drug-likeness (QED) is 0.359. The number of primary amides is 1. The highest BCUT2D eigenvalue weighted by molar-refractivity contribution is 6.00. The van der Waals surface area contributed by atoms with Gasteiger partial charge in [0.25, 0.3) is 5.91 Å². The van der Waals surface area contributed by atoms with Crippen LogP contribution >= 0.6 is 0 Å². The van der Waals surface area contributed by atoms with Crippen molar-refractivity contribution in [3.05, 3.63) is 65.7 Å². The number of nitrogens with zero attached hydrogens (tertiary/aromatic N) is 1. The first-order valence-corrected chi connectivity index (χ1v) is 11.1. The Morgan fingerprint density at radius 2 is 1.97 bits per heavy atom. The summed E-state index contributed by atoms with van der Waals surface area (Å²) in [5.74, 6) is -0.139. The Hall–Kier alpha value is -3.20. The van der Waals surface area contributed by atoms with Crippen molar-refractivity contribution in [1.82, 2.24) is 5.32 Å². The lowest BCUT2D eigenvalue weighted by molar-refractivity contribution is -0.153. The van der Waals surface area contributed by atoms with E-state index >= 15 is 0 Å². The van der Waals surface area contributed by atoms with Crippen LogP contribution in [0.1, 0.15) is 28.4 Å². The summed E-state index contributed by atoms with van der Waals surface area (Å²) in [7, 11) is 0. The van der Waals surface area contributed by atoms with Crippen molar-refractivity contribution in [2.45, 2.75) is 32.0 Å². The molecule has 0 saturated heterocycles. The van der Waals surface area contributed by atoms with E-state index in [-0.39, 0.29) is 24.1 Å². The fraction of sp³-hybridized carbons (Fsp3) is 0.400. The van der Waals surface area contributed by atoms with E-state index in [4.69, 9.17) is 15.2 Å². The first kappa shape index (κ1) is 25.4. The van der Waals surface area contributed by atoms with Crippen molar-refractivity contribution in [1.29, 1.82) is 0 Å². The van der Waals surface area contributed by atoms with Crippen molar-refractivity contribution < 1.29 is 27.4 Å². The van der Waals surface area contributed by atoms with Crippen LogP contribution in [0.4, 0.5) is 18.9 Å². The summed E-state index contributed by atoms with van der Waals surface area (Å²) in [4.78, 5) is 14.2. The van der Waals surface area contributed by atoms with E-state index in [1.807, 2.05) is 19.1 Å². The van der Waals surface area contributed by atoms with Gasteiger partial charge in [-0.3, -0.25) is 4.79 Å². The Kier molecular flexibility index (Phi) is 8.44. The largest absolute Gasteiger partial charge is 0.488 e. The molecule has 3 rings (SSSR count). The molecule has 6 nitrogen and oxygen atoms in total. The summed E-state index contributed by atoms with van der Waals surface area (Å²) >= 11 is 0. The smallest absolute Gasteiger partial charge is 0.422 e. The van der Waals surface area contributed by atoms with Crippen LogP contribution in [0.2, 0.25) is 0 Å². The van der Waals surface area contributed by atoms with E-state index in [9.17, 15) is 18.0 Å². The van der Waals surface area contributed by atoms with Gasteiger partial charge in [0.1, 0.15) is 6.61 Å². The first-order valence-electron chi connectivity index (χ1n) is 11.1. The second-order valence-corrected chi connectivity index (χ2v) is 8.26. The van der Waals surface area contributed by atoms with Crippen LogP contribution in [-0.4, -0.2) is 51.0 Å². The number of halogens is 3. The highest BCUT2D eigenvalue weighted by atomic mass is 19.4. The Morgan fingerprint density at radius 1 is 1.26 bits per heavy atom. The van der Waals surface area contributed by atoms with Crippen LogP contribution in [0.5, 0.6) is 11.5 Å². The van der Waals surface area contributed by atoms with Crippen molar-refractivity contribution in [3.8, 4) is 11.5 Å². The minimum atomic E-state index is -4.42. The fourth-order valence-electron chi connectivity index (χ4n) is 4.08. The first-order chi connectivity index (χ1) is 16.2. The molecule has 1 aliphatic rings. The lowest BCUT2D eigenvalue weighted by atomic mass is 9.98. The number of rotatable bonds is 12. The molecule has 9 heteroatoms. The number of amides is 1. The van der Waals surface area contributed by atoms with Crippen molar-refractivity contribution >= 4 is 11.6 Å². The van der Waals surface area contributed by atoms with Gasteiger partial charge in [-0.2, -0.15) is 13.2 Å². The third-order valence-corrected chi connectivity index (χ3v) is 5.47. The number of ether oxygens (including phenoxy) is 2. The van der Waals surface area contributed by atoms with Gasteiger partial charge >= 0.3 is 6.18 Å². The molecule has 0 spiro atoms. The average Bonchev–Trinajstić information content (AvgIpc) is 3.17. The van der Waals surface area contributed by atoms with Gasteiger partial charge in [-0.25, -0.2) is 0 Å². The van der Waals surface area contributed by atoms with Gasteiger partial charge in [0.2, 0.25) is 0 Å². The molecule has 0 aromatic heterocycles. The number of nitrogens with two attached hydrogens (primary N) is 1. The third kappa shape index (κ3) is 6.90. The third-order valence-electron chi connectivity index (χ3n) is 5.47. The van der Waals surface area contributed by atoms with E-state index in [1.54, 1.807) is 18.2 Å². The minimum absolute atomic E-state index is 0.0514. The predicted molar refractivity (Wildman–Crippen MR) is 126 cm³/mol. The summed E-state index contributed by atoms with van der Waals surface area (Å²) in [6.45, 7) is 6.64. The number of anilines is 1. The van der Waals surface area contributed by atoms with Gasteiger partial charge in [-0.15, -0.1) is 6.58 Å². The highest BCUT2D eigenvalue weighted by Crippen LogP contribution is 2.33. The van der Waals surface area contributed by atoms with E-state index in [1.165, 1.54) is 6.07 Å². The highest BCUT2D eigenvalue weighted by Gasteiger charge is 2.29. The van der Waals surface area contributed by atoms with Gasteiger partial charge in [0.15, 0.2) is 18.1 Å². The maximum Gasteiger partial charge on any atom is 0.422 e. The molecule has 1 aliphatic heterocycles. The monoisotopic (exact) mass is 477 g/mol. The molecule has 34 heavy (non-hydrogen) atoms. The van der Waals surface area contributed by atoms with Crippen LogP contribution in [0.3, 0.4) is 0 Å². The van der Waals surface area contributed by atoms with E-state index in [0.717, 1.165) is 29.8 Å². The lowest BCUT2D eigenvalue weighted by Gasteiger charge is -2.21. The van der Waals surface area contributed by atoms with Gasteiger partial charge in [-0.05, 0) is 49.1 Å². The Labute approximate surface area is 197 Å². The summed E-state index contributed by atoms with van der Waals surface area (Å²) in [5, 5.41) is 3.34. The Balaban J connectivity index is 1.54. The molecule has 1 heterocycles. The predicted octanol–water partition coefficient (Wildman–Crippen LogP) is 3.87. The Morgan fingerprint density at radius 3 is 2.62 bits per heavy atom. The normalized spacial score (nSPS) is 13.9. The van der Waals surface area contributed by atoms with Gasteiger partial charge in [-0.1, -0.05) is 24.3 Å². The number of carbonyl (C=O) groups excluding carboxylic acids is 1. The average molecular weight is 478 g/mol. The summed E-state index contributed by atoms with van der Waals surface area (Å²) in [6.07, 6.45) is -1.08. The molecule has 184 valence electrons. The molecule has 1 amide bonds. The molecule has 1 atom stereocenters. The number of alkyl halides is 3. The molecular weight excluding hydrogens is 447 g/mol. The number of benzene rings is 2.